The van der Waals surface area contributed by atoms with Crippen LogP contribution in [-0.2, 0) is 13.5 Å². The summed E-state index contributed by atoms with van der Waals surface area (Å²) < 4.78 is 2.11. The highest BCUT2D eigenvalue weighted by molar-refractivity contribution is 7.09. The molecule has 22 heavy (non-hydrogen) atoms. The van der Waals surface area contributed by atoms with Crippen molar-refractivity contribution in [2.75, 3.05) is 0 Å². The highest BCUT2D eigenvalue weighted by Crippen LogP contribution is 2.17. The zero-order valence-electron chi connectivity index (χ0n) is 13.6. The summed E-state index contributed by atoms with van der Waals surface area (Å²) in [6, 6.07) is 4.07. The highest BCUT2D eigenvalue weighted by atomic mass is 32.1. The van der Waals surface area contributed by atoms with Crippen LogP contribution in [0.1, 0.15) is 42.7 Å². The van der Waals surface area contributed by atoms with Gasteiger partial charge in [0.15, 0.2) is 0 Å². The Kier molecular flexibility index (Phi) is 5.60. The third kappa shape index (κ3) is 4.59. The second-order valence-corrected chi connectivity index (χ2v) is 6.61. The smallest absolute Gasteiger partial charge is 0.315 e. The van der Waals surface area contributed by atoms with Crippen molar-refractivity contribution < 1.29 is 4.79 Å². The lowest BCUT2D eigenvalue weighted by molar-refractivity contribution is 0.234. The molecule has 2 aromatic heterocycles. The zero-order chi connectivity index (χ0) is 16.1. The van der Waals surface area contributed by atoms with E-state index in [9.17, 15) is 4.79 Å². The fourth-order valence-electron chi connectivity index (χ4n) is 2.29. The third-order valence-electron chi connectivity index (χ3n) is 3.62. The molecule has 0 radical (unpaired) electrons. The lowest BCUT2D eigenvalue weighted by Gasteiger charge is -2.17. The third-order valence-corrected chi connectivity index (χ3v) is 4.76. The van der Waals surface area contributed by atoms with Crippen molar-refractivity contribution in [2.45, 2.75) is 45.7 Å². The van der Waals surface area contributed by atoms with Gasteiger partial charge in [-0.1, -0.05) is 0 Å². The summed E-state index contributed by atoms with van der Waals surface area (Å²) in [5, 5.41) is 8.85. The minimum absolute atomic E-state index is 0.0706. The van der Waals surface area contributed by atoms with Gasteiger partial charge in [-0.2, -0.15) is 0 Å². The number of hydrogen-bond donors (Lipinski definition) is 2. The number of carbonyl (C=O) groups is 1. The molecule has 0 aromatic carbocycles. The minimum Gasteiger partial charge on any atom is -0.354 e. The van der Waals surface area contributed by atoms with Gasteiger partial charge in [-0.3, -0.25) is 0 Å². The first-order valence-electron chi connectivity index (χ1n) is 7.55. The molecule has 2 heterocycles. The van der Waals surface area contributed by atoms with Gasteiger partial charge in [0.1, 0.15) is 5.01 Å². The molecular weight excluding hydrogens is 296 g/mol. The van der Waals surface area contributed by atoms with E-state index in [0.717, 1.165) is 23.5 Å². The molecule has 0 aliphatic heterocycles. The first kappa shape index (κ1) is 16.5. The average Bonchev–Trinajstić information content (AvgIpc) is 3.05. The fraction of sp³-hybridized carbons (Fsp3) is 0.500. The van der Waals surface area contributed by atoms with Crippen LogP contribution in [0.5, 0.6) is 0 Å². The van der Waals surface area contributed by atoms with Gasteiger partial charge < -0.3 is 15.2 Å². The maximum absolute atomic E-state index is 12.0. The Morgan fingerprint density at radius 1 is 1.41 bits per heavy atom. The number of aryl methyl sites for hydroxylation is 3. The van der Waals surface area contributed by atoms with Crippen molar-refractivity contribution in [1.29, 1.82) is 0 Å². The van der Waals surface area contributed by atoms with Gasteiger partial charge in [0, 0.05) is 36.1 Å². The van der Waals surface area contributed by atoms with Crippen molar-refractivity contribution in [2.24, 2.45) is 7.05 Å². The van der Waals surface area contributed by atoms with E-state index in [1.54, 1.807) is 11.3 Å². The second kappa shape index (κ2) is 7.45. The number of rotatable bonds is 6. The fourth-order valence-corrected chi connectivity index (χ4v) is 3.09. The quantitative estimate of drug-likeness (QED) is 0.859. The van der Waals surface area contributed by atoms with Crippen molar-refractivity contribution in [3.63, 3.8) is 0 Å². The zero-order valence-corrected chi connectivity index (χ0v) is 14.4. The predicted octanol–water partition coefficient (Wildman–Crippen LogP) is 3.17. The molecule has 0 bridgehead atoms. The molecule has 0 saturated carbocycles. The van der Waals surface area contributed by atoms with Crippen molar-refractivity contribution in [3.05, 3.63) is 40.1 Å². The number of urea groups is 1. The molecule has 2 amide bonds. The number of thiazole rings is 1. The number of nitrogens with zero attached hydrogens (tertiary/aromatic N) is 2. The van der Waals surface area contributed by atoms with Gasteiger partial charge in [0.2, 0.25) is 0 Å². The Balaban J connectivity index is 1.75. The molecular formula is C16H24N4OS. The molecule has 2 atom stereocenters. The summed E-state index contributed by atoms with van der Waals surface area (Å²) in [5.41, 5.74) is 2.27. The molecule has 2 N–H and O–H groups in total. The molecule has 0 saturated heterocycles. The highest BCUT2D eigenvalue weighted by Gasteiger charge is 2.14. The monoisotopic (exact) mass is 320 g/mol. The van der Waals surface area contributed by atoms with Crippen LogP contribution in [0, 0.1) is 6.92 Å². The van der Waals surface area contributed by atoms with E-state index in [0.29, 0.717) is 0 Å². The molecule has 0 spiro atoms. The number of aromatic nitrogens is 2. The topological polar surface area (TPSA) is 59.0 Å². The Hall–Kier alpha value is -1.82. The summed E-state index contributed by atoms with van der Waals surface area (Å²) in [6.07, 6.45) is 3.90. The van der Waals surface area contributed by atoms with E-state index in [4.69, 9.17) is 0 Å². The van der Waals surface area contributed by atoms with Crippen LogP contribution in [-0.4, -0.2) is 21.6 Å². The normalized spacial score (nSPS) is 13.6. The summed E-state index contributed by atoms with van der Waals surface area (Å²) in [6.45, 7) is 5.94. The maximum atomic E-state index is 12.0. The standard InChI is InChI=1S/C16H24N4OS/c1-11(7-8-14-6-5-9-20(14)4)18-16(21)19-13(3)15-17-12(2)10-22-15/h5-6,9-11,13H,7-8H2,1-4H3,(H2,18,19,21)/t11-,13-/m1/s1. The molecule has 5 nitrogen and oxygen atoms in total. The average molecular weight is 320 g/mol. The van der Waals surface area contributed by atoms with E-state index in [-0.39, 0.29) is 18.1 Å². The minimum atomic E-state index is -0.139. The van der Waals surface area contributed by atoms with Crippen LogP contribution in [0.3, 0.4) is 0 Å². The van der Waals surface area contributed by atoms with Gasteiger partial charge in [0.25, 0.3) is 0 Å². The van der Waals surface area contributed by atoms with Gasteiger partial charge in [-0.15, -0.1) is 11.3 Å². The Bertz CT molecular complexity index is 619. The predicted molar refractivity (Wildman–Crippen MR) is 90.1 cm³/mol. The second-order valence-electron chi connectivity index (χ2n) is 5.72. The number of amides is 2. The maximum Gasteiger partial charge on any atom is 0.315 e. The van der Waals surface area contributed by atoms with E-state index in [1.165, 1.54) is 5.69 Å². The molecule has 0 aliphatic carbocycles. The van der Waals surface area contributed by atoms with Crippen molar-refractivity contribution in [1.82, 2.24) is 20.2 Å². The SMILES string of the molecule is Cc1csc([C@@H](C)NC(=O)N[C@H](C)CCc2cccn2C)n1. The van der Waals surface area contributed by atoms with Gasteiger partial charge >= 0.3 is 6.03 Å². The Morgan fingerprint density at radius 3 is 2.77 bits per heavy atom. The number of hydrogen-bond acceptors (Lipinski definition) is 3. The lowest BCUT2D eigenvalue weighted by atomic mass is 10.1. The molecule has 6 heteroatoms. The van der Waals surface area contributed by atoms with E-state index in [2.05, 4.69) is 26.3 Å². The molecule has 0 unspecified atom stereocenters. The molecule has 120 valence electrons. The number of nitrogens with one attached hydrogen (secondary N) is 2. The van der Waals surface area contributed by atoms with Crippen LogP contribution in [0.2, 0.25) is 0 Å². The van der Waals surface area contributed by atoms with E-state index >= 15 is 0 Å². The van der Waals surface area contributed by atoms with Gasteiger partial charge in [-0.25, -0.2) is 9.78 Å². The Morgan fingerprint density at radius 2 is 2.18 bits per heavy atom. The van der Waals surface area contributed by atoms with Crippen LogP contribution in [0.25, 0.3) is 0 Å². The van der Waals surface area contributed by atoms with Crippen LogP contribution >= 0.6 is 11.3 Å². The van der Waals surface area contributed by atoms with Crippen LogP contribution in [0.15, 0.2) is 23.7 Å². The van der Waals surface area contributed by atoms with Crippen LogP contribution in [0.4, 0.5) is 4.79 Å². The molecule has 0 fully saturated rings. The summed E-state index contributed by atoms with van der Waals surface area (Å²) >= 11 is 1.57. The summed E-state index contributed by atoms with van der Waals surface area (Å²) in [5.74, 6) is 0. The lowest BCUT2D eigenvalue weighted by Crippen LogP contribution is -2.42. The first-order valence-corrected chi connectivity index (χ1v) is 8.43. The molecule has 2 rings (SSSR count). The summed E-state index contributed by atoms with van der Waals surface area (Å²) in [7, 11) is 2.04. The van der Waals surface area contributed by atoms with Gasteiger partial charge in [0.05, 0.1) is 6.04 Å². The molecule has 2 aromatic rings. The Labute approximate surface area is 135 Å². The van der Waals surface area contributed by atoms with E-state index in [1.807, 2.05) is 45.5 Å². The largest absolute Gasteiger partial charge is 0.354 e. The molecule has 0 aliphatic rings. The van der Waals surface area contributed by atoms with Crippen molar-refractivity contribution >= 4 is 17.4 Å². The van der Waals surface area contributed by atoms with Crippen molar-refractivity contribution in [3.8, 4) is 0 Å². The van der Waals surface area contributed by atoms with Gasteiger partial charge in [-0.05, 0) is 45.7 Å². The van der Waals surface area contributed by atoms with Crippen LogP contribution < -0.4 is 10.6 Å². The number of carbonyl (C=O) groups excluding carboxylic acids is 1. The summed E-state index contributed by atoms with van der Waals surface area (Å²) in [4.78, 5) is 16.4. The van der Waals surface area contributed by atoms with E-state index < -0.39 is 0 Å². The first-order chi connectivity index (χ1) is 10.5.